The molecule has 4 heterocycles. The minimum atomic E-state index is -0.103. The summed E-state index contributed by atoms with van der Waals surface area (Å²) in [6.45, 7) is 5.47. The quantitative estimate of drug-likeness (QED) is 0.781. The molecule has 4 rings (SSSR count). The Labute approximate surface area is 177 Å². The summed E-state index contributed by atoms with van der Waals surface area (Å²) in [5, 5.41) is 12.4. The second-order valence-corrected chi connectivity index (χ2v) is 8.37. The third kappa shape index (κ3) is 4.87. The van der Waals surface area contributed by atoms with Gasteiger partial charge in [-0.3, -0.25) is 4.79 Å². The lowest BCUT2D eigenvalue weighted by Gasteiger charge is -2.35. The average molecular weight is 411 g/mol. The van der Waals surface area contributed by atoms with E-state index in [1.54, 1.807) is 12.5 Å². The van der Waals surface area contributed by atoms with Crippen molar-refractivity contribution in [1.82, 2.24) is 15.0 Å². The lowest BCUT2D eigenvalue weighted by Crippen LogP contribution is -2.41. The molecule has 0 bridgehead atoms. The van der Waals surface area contributed by atoms with Gasteiger partial charge in [0.05, 0.1) is 5.92 Å². The first-order valence-electron chi connectivity index (χ1n) is 10.8. The molecule has 0 saturated carbocycles. The van der Waals surface area contributed by atoms with Crippen molar-refractivity contribution in [1.29, 1.82) is 0 Å². The van der Waals surface area contributed by atoms with E-state index in [1.165, 1.54) is 0 Å². The molecule has 8 nitrogen and oxygen atoms in total. The molecule has 30 heavy (non-hydrogen) atoms. The molecule has 2 fully saturated rings. The fraction of sp³-hybridized carbons (Fsp3) is 0.545. The van der Waals surface area contributed by atoms with E-state index < -0.39 is 0 Å². The number of aromatic nitrogens is 3. The second-order valence-electron chi connectivity index (χ2n) is 8.37. The molecule has 2 N–H and O–H groups in total. The van der Waals surface area contributed by atoms with Gasteiger partial charge in [-0.1, -0.05) is 6.07 Å². The minimum absolute atomic E-state index is 0.00662. The molecule has 0 aromatic carbocycles. The Kier molecular flexibility index (Phi) is 6.42. The number of aliphatic hydroxyl groups excluding tert-OH is 1. The number of anilines is 3. The first-order valence-corrected chi connectivity index (χ1v) is 10.8. The number of carbonyl (C=O) groups excluding carboxylic acids is 1. The zero-order valence-electron chi connectivity index (χ0n) is 17.5. The van der Waals surface area contributed by atoms with E-state index >= 15 is 0 Å². The third-order valence-electron chi connectivity index (χ3n) is 6.02. The van der Waals surface area contributed by atoms with Crippen LogP contribution < -0.4 is 15.1 Å². The predicted molar refractivity (Wildman–Crippen MR) is 117 cm³/mol. The molecule has 2 aromatic heterocycles. The van der Waals surface area contributed by atoms with E-state index in [0.717, 1.165) is 62.5 Å². The number of carbonyl (C=O) groups is 1. The maximum absolute atomic E-state index is 12.8. The maximum Gasteiger partial charge on any atom is 0.230 e. The molecule has 0 spiro atoms. The van der Waals surface area contributed by atoms with Crippen LogP contribution in [-0.2, 0) is 4.79 Å². The van der Waals surface area contributed by atoms with Gasteiger partial charge in [-0.25, -0.2) is 15.0 Å². The van der Waals surface area contributed by atoms with Crippen molar-refractivity contribution in [3.8, 4) is 0 Å². The van der Waals surface area contributed by atoms with Gasteiger partial charge in [0.1, 0.15) is 23.8 Å². The molecule has 2 aromatic rings. The van der Waals surface area contributed by atoms with Gasteiger partial charge in [0.15, 0.2) is 0 Å². The van der Waals surface area contributed by atoms with E-state index in [-0.39, 0.29) is 18.4 Å². The predicted octanol–water partition coefficient (Wildman–Crippen LogP) is 2.24. The summed E-state index contributed by atoms with van der Waals surface area (Å²) in [6, 6.07) is 5.80. The summed E-state index contributed by atoms with van der Waals surface area (Å²) in [5.41, 5.74) is 1.07. The largest absolute Gasteiger partial charge is 0.396 e. The standard InChI is InChI=1S/C22H30N6O2/c1-16-6-7-19(23-11-16)26-22(30)18-5-3-9-28(13-18)21-10-20(24-15-25-21)27-8-2-4-17(12-27)14-29/h6-7,10-11,15,17-18,29H,2-5,8-9,12-14H2,1H3,(H,23,26,30). The van der Waals surface area contributed by atoms with Crippen LogP contribution in [0.2, 0.25) is 0 Å². The molecule has 2 saturated heterocycles. The Morgan fingerprint density at radius 2 is 1.83 bits per heavy atom. The van der Waals surface area contributed by atoms with Gasteiger partial charge in [0.25, 0.3) is 0 Å². The topological polar surface area (TPSA) is 94.5 Å². The van der Waals surface area contributed by atoms with Gasteiger partial charge in [-0.2, -0.15) is 0 Å². The zero-order valence-corrected chi connectivity index (χ0v) is 17.5. The monoisotopic (exact) mass is 410 g/mol. The van der Waals surface area contributed by atoms with Crippen LogP contribution in [0.5, 0.6) is 0 Å². The summed E-state index contributed by atoms with van der Waals surface area (Å²) in [6.07, 6.45) is 7.28. The number of pyridine rings is 1. The Hall–Kier alpha value is -2.74. The van der Waals surface area contributed by atoms with Crippen molar-refractivity contribution in [2.75, 3.05) is 47.9 Å². The average Bonchev–Trinajstić information content (AvgIpc) is 2.81. The molecule has 160 valence electrons. The number of rotatable bonds is 5. The Morgan fingerprint density at radius 3 is 2.53 bits per heavy atom. The third-order valence-corrected chi connectivity index (χ3v) is 6.02. The van der Waals surface area contributed by atoms with Crippen LogP contribution in [0.1, 0.15) is 31.2 Å². The number of hydrogen-bond donors (Lipinski definition) is 2. The first kappa shape index (κ1) is 20.5. The number of amides is 1. The number of nitrogens with zero attached hydrogens (tertiary/aromatic N) is 5. The number of nitrogens with one attached hydrogen (secondary N) is 1. The van der Waals surface area contributed by atoms with E-state index in [9.17, 15) is 9.90 Å². The van der Waals surface area contributed by atoms with Crippen LogP contribution >= 0.6 is 0 Å². The lowest BCUT2D eigenvalue weighted by atomic mass is 9.97. The van der Waals surface area contributed by atoms with Crippen LogP contribution in [-0.4, -0.2) is 58.8 Å². The summed E-state index contributed by atoms with van der Waals surface area (Å²) < 4.78 is 0. The number of piperidine rings is 2. The van der Waals surface area contributed by atoms with E-state index in [0.29, 0.717) is 18.3 Å². The molecule has 2 atom stereocenters. The van der Waals surface area contributed by atoms with Crippen LogP contribution in [0.15, 0.2) is 30.7 Å². The normalized spacial score (nSPS) is 22.1. The van der Waals surface area contributed by atoms with Crippen LogP contribution in [0.25, 0.3) is 0 Å². The smallest absolute Gasteiger partial charge is 0.230 e. The molecular weight excluding hydrogens is 380 g/mol. The van der Waals surface area contributed by atoms with Crippen LogP contribution in [0.4, 0.5) is 17.5 Å². The van der Waals surface area contributed by atoms with Crippen molar-refractivity contribution in [2.24, 2.45) is 11.8 Å². The number of aryl methyl sites for hydroxylation is 1. The Bertz CT molecular complexity index is 859. The molecule has 0 aliphatic carbocycles. The van der Waals surface area contributed by atoms with Gasteiger partial charge in [0.2, 0.25) is 5.91 Å². The van der Waals surface area contributed by atoms with E-state index in [2.05, 4.69) is 30.1 Å². The number of hydrogen-bond acceptors (Lipinski definition) is 7. The van der Waals surface area contributed by atoms with Gasteiger partial charge in [-0.05, 0) is 50.2 Å². The molecular formula is C22H30N6O2. The van der Waals surface area contributed by atoms with Gasteiger partial charge < -0.3 is 20.2 Å². The van der Waals surface area contributed by atoms with Crippen molar-refractivity contribution in [3.63, 3.8) is 0 Å². The fourth-order valence-corrected chi connectivity index (χ4v) is 4.27. The molecule has 2 unspecified atom stereocenters. The summed E-state index contributed by atoms with van der Waals surface area (Å²) in [5.74, 6) is 2.55. The fourth-order valence-electron chi connectivity index (χ4n) is 4.27. The van der Waals surface area contributed by atoms with Gasteiger partial charge in [0, 0.05) is 45.0 Å². The molecule has 2 aliphatic rings. The SMILES string of the molecule is Cc1ccc(NC(=O)C2CCCN(c3cc(N4CCCC(CO)C4)ncn3)C2)nc1. The summed E-state index contributed by atoms with van der Waals surface area (Å²) in [4.78, 5) is 30.4. The molecule has 2 aliphatic heterocycles. The Morgan fingerprint density at radius 1 is 1.10 bits per heavy atom. The highest BCUT2D eigenvalue weighted by atomic mass is 16.3. The molecule has 0 radical (unpaired) electrons. The highest BCUT2D eigenvalue weighted by molar-refractivity contribution is 5.92. The summed E-state index contributed by atoms with van der Waals surface area (Å²) >= 11 is 0. The van der Waals surface area contributed by atoms with Crippen molar-refractivity contribution < 1.29 is 9.90 Å². The van der Waals surface area contributed by atoms with Gasteiger partial charge in [-0.15, -0.1) is 0 Å². The summed E-state index contributed by atoms with van der Waals surface area (Å²) in [7, 11) is 0. The van der Waals surface area contributed by atoms with Crippen molar-refractivity contribution >= 4 is 23.4 Å². The highest BCUT2D eigenvalue weighted by Gasteiger charge is 2.28. The highest BCUT2D eigenvalue weighted by Crippen LogP contribution is 2.27. The van der Waals surface area contributed by atoms with Gasteiger partial charge >= 0.3 is 0 Å². The lowest BCUT2D eigenvalue weighted by molar-refractivity contribution is -0.120. The minimum Gasteiger partial charge on any atom is -0.396 e. The first-order chi connectivity index (χ1) is 14.6. The number of aliphatic hydroxyl groups is 1. The maximum atomic E-state index is 12.8. The zero-order chi connectivity index (χ0) is 20.9. The Balaban J connectivity index is 1.41. The van der Waals surface area contributed by atoms with Crippen molar-refractivity contribution in [3.05, 3.63) is 36.3 Å². The van der Waals surface area contributed by atoms with E-state index in [1.807, 2.05) is 25.1 Å². The van der Waals surface area contributed by atoms with E-state index in [4.69, 9.17) is 0 Å². The molecule has 1 amide bonds. The van der Waals surface area contributed by atoms with Crippen LogP contribution in [0, 0.1) is 18.8 Å². The van der Waals surface area contributed by atoms with Crippen LogP contribution in [0.3, 0.4) is 0 Å². The molecule has 8 heteroatoms. The van der Waals surface area contributed by atoms with Crippen molar-refractivity contribution in [2.45, 2.75) is 32.6 Å². The second kappa shape index (κ2) is 9.38.